The number of nitrogens with one attached hydrogen (secondary N) is 4. The van der Waals surface area contributed by atoms with Crippen molar-refractivity contribution in [2.24, 2.45) is 0 Å². The predicted molar refractivity (Wildman–Crippen MR) is 219 cm³/mol. The van der Waals surface area contributed by atoms with E-state index in [4.69, 9.17) is 29.2 Å². The zero-order valence-electron chi connectivity index (χ0n) is 35.6. The van der Waals surface area contributed by atoms with Crippen LogP contribution in [0.25, 0.3) is 0 Å². The first kappa shape index (κ1) is 55.8. The fourth-order valence-corrected chi connectivity index (χ4v) is 5.76. The summed E-state index contributed by atoms with van der Waals surface area (Å²) in [6.45, 7) is 2.03. The minimum atomic E-state index is -1.24. The molecule has 0 aliphatic rings. The summed E-state index contributed by atoms with van der Waals surface area (Å²) in [6, 6.07) is -2.33. The monoisotopic (exact) mass is 860 g/mol. The van der Waals surface area contributed by atoms with Crippen molar-refractivity contribution in [1.82, 2.24) is 21.3 Å². The molecule has 0 bridgehead atoms. The molecule has 0 radical (unpaired) electrons. The van der Waals surface area contributed by atoms with Crippen LogP contribution in [0.1, 0.15) is 135 Å². The number of ketones is 1. The Hall–Kier alpha value is -4.20. The van der Waals surface area contributed by atoms with E-state index in [9.17, 15) is 43.5 Å². The summed E-state index contributed by atoms with van der Waals surface area (Å²) in [4.78, 5) is 92.6. The number of aliphatic carboxylic acids is 3. The predicted octanol–water partition coefficient (Wildman–Crippen LogP) is 2.90. The molecule has 4 amide bonds. The van der Waals surface area contributed by atoms with Crippen LogP contribution in [-0.2, 0) is 57.3 Å². The van der Waals surface area contributed by atoms with Crippen LogP contribution < -0.4 is 21.3 Å². The molecule has 0 rings (SSSR count). The molecule has 60 heavy (non-hydrogen) atoms. The molecule has 0 fully saturated rings. The molecule has 19 heteroatoms. The first-order valence-corrected chi connectivity index (χ1v) is 21.4. The van der Waals surface area contributed by atoms with Gasteiger partial charge in [-0.05, 0) is 32.6 Å². The number of amides is 4. The highest BCUT2D eigenvalue weighted by Crippen LogP contribution is 2.14. The highest BCUT2D eigenvalue weighted by atomic mass is 16.5. The van der Waals surface area contributed by atoms with Crippen LogP contribution in [0.3, 0.4) is 0 Å². The second-order valence-electron chi connectivity index (χ2n) is 14.6. The average molecular weight is 861 g/mol. The van der Waals surface area contributed by atoms with Crippen molar-refractivity contribution in [3.8, 4) is 0 Å². The highest BCUT2D eigenvalue weighted by molar-refractivity contribution is 5.85. The smallest absolute Gasteiger partial charge is 0.326 e. The van der Waals surface area contributed by atoms with E-state index >= 15 is 0 Å². The third kappa shape index (κ3) is 38.0. The van der Waals surface area contributed by atoms with Gasteiger partial charge in [-0.15, -0.1) is 0 Å². The molecule has 0 aliphatic heterocycles. The van der Waals surface area contributed by atoms with Gasteiger partial charge in [-0.25, -0.2) is 9.59 Å². The van der Waals surface area contributed by atoms with E-state index in [0.29, 0.717) is 6.42 Å². The summed E-state index contributed by atoms with van der Waals surface area (Å²) in [5.41, 5.74) is 0. The Labute approximate surface area is 354 Å². The number of Topliss-reactive ketones (excluding diaryl/α,β-unsaturated/α-hetero) is 1. The van der Waals surface area contributed by atoms with Crippen molar-refractivity contribution in [1.29, 1.82) is 0 Å². The maximum atomic E-state index is 12.3. The third-order valence-corrected chi connectivity index (χ3v) is 9.10. The maximum absolute atomic E-state index is 12.3. The number of carbonyl (C=O) groups is 8. The van der Waals surface area contributed by atoms with E-state index in [2.05, 4.69) is 21.3 Å². The normalized spacial score (nSPS) is 11.9. The second kappa shape index (κ2) is 39.0. The van der Waals surface area contributed by atoms with Gasteiger partial charge in [0.2, 0.25) is 23.6 Å². The number of hydrogen-bond donors (Lipinski definition) is 7. The fraction of sp³-hybridized carbons (Fsp3) is 0.805. The highest BCUT2D eigenvalue weighted by Gasteiger charge is 2.21. The van der Waals surface area contributed by atoms with Gasteiger partial charge in [0.25, 0.3) is 0 Å². The van der Waals surface area contributed by atoms with E-state index in [1.54, 1.807) is 0 Å². The van der Waals surface area contributed by atoms with Gasteiger partial charge < -0.3 is 60.3 Å². The minimum Gasteiger partial charge on any atom is -0.481 e. The Bertz CT molecular complexity index is 1240. The van der Waals surface area contributed by atoms with Gasteiger partial charge in [-0.1, -0.05) is 77.0 Å². The van der Waals surface area contributed by atoms with Gasteiger partial charge >= 0.3 is 17.9 Å². The summed E-state index contributed by atoms with van der Waals surface area (Å²) in [5, 5.41) is 37.3. The Balaban J connectivity index is 3.72. The van der Waals surface area contributed by atoms with Crippen molar-refractivity contribution < 1.29 is 72.6 Å². The molecule has 7 N–H and O–H groups in total. The SMILES string of the molecule is CC(=O)CCC(NC(=O)COCCOCCNC(=O)COCCOCCNC(=O)CC[C@H](NC(=O)CCCCCCCCCCCCCCCCC(=O)O)C(=O)O)C(=O)O. The van der Waals surface area contributed by atoms with Crippen LogP contribution in [-0.4, -0.2) is 141 Å². The molecule has 2 atom stereocenters. The molecule has 0 aromatic rings. The van der Waals surface area contributed by atoms with Gasteiger partial charge in [0.15, 0.2) is 0 Å². The number of rotatable bonds is 43. The fourth-order valence-electron chi connectivity index (χ4n) is 5.76. The minimum absolute atomic E-state index is 0.00865. The zero-order valence-corrected chi connectivity index (χ0v) is 35.6. The van der Waals surface area contributed by atoms with Gasteiger partial charge in [0.05, 0.1) is 39.6 Å². The van der Waals surface area contributed by atoms with E-state index in [1.165, 1.54) is 45.4 Å². The molecule has 19 nitrogen and oxygen atoms in total. The van der Waals surface area contributed by atoms with Crippen LogP contribution in [0.15, 0.2) is 0 Å². The van der Waals surface area contributed by atoms with Gasteiger partial charge in [0.1, 0.15) is 31.1 Å². The third-order valence-electron chi connectivity index (χ3n) is 9.10. The summed E-state index contributed by atoms with van der Waals surface area (Å²) in [6.07, 6.45) is 15.4. The first-order chi connectivity index (χ1) is 28.8. The zero-order chi connectivity index (χ0) is 44.6. The quantitative estimate of drug-likeness (QED) is 0.0434. The van der Waals surface area contributed by atoms with Gasteiger partial charge in [-0.2, -0.15) is 0 Å². The largest absolute Gasteiger partial charge is 0.481 e. The molecule has 346 valence electrons. The van der Waals surface area contributed by atoms with Crippen molar-refractivity contribution in [3.05, 3.63) is 0 Å². The van der Waals surface area contributed by atoms with Crippen LogP contribution in [0.4, 0.5) is 0 Å². The lowest BCUT2D eigenvalue weighted by molar-refractivity contribution is -0.143. The van der Waals surface area contributed by atoms with Crippen LogP contribution in [0, 0.1) is 0 Å². The Morgan fingerprint density at radius 2 is 0.800 bits per heavy atom. The van der Waals surface area contributed by atoms with Crippen molar-refractivity contribution in [2.45, 2.75) is 147 Å². The summed E-state index contributed by atoms with van der Waals surface area (Å²) in [7, 11) is 0. The summed E-state index contributed by atoms with van der Waals surface area (Å²) >= 11 is 0. The summed E-state index contributed by atoms with van der Waals surface area (Å²) in [5.74, 6) is -5.04. The van der Waals surface area contributed by atoms with Gasteiger partial charge in [0, 0.05) is 38.8 Å². The topological polar surface area (TPSA) is 282 Å². The number of carbonyl (C=O) groups excluding carboxylic acids is 5. The van der Waals surface area contributed by atoms with E-state index in [1.807, 2.05) is 0 Å². The molecule has 1 unspecified atom stereocenters. The van der Waals surface area contributed by atoms with E-state index < -0.39 is 35.9 Å². The van der Waals surface area contributed by atoms with Crippen molar-refractivity contribution in [3.63, 3.8) is 0 Å². The molecule has 0 saturated carbocycles. The van der Waals surface area contributed by atoms with Crippen LogP contribution in [0.2, 0.25) is 0 Å². The Kier molecular flexibility index (Phi) is 36.2. The molecular weight excluding hydrogens is 788 g/mol. The average Bonchev–Trinajstić information content (AvgIpc) is 3.19. The lowest BCUT2D eigenvalue weighted by Crippen LogP contribution is -2.42. The second-order valence-corrected chi connectivity index (χ2v) is 14.6. The molecular formula is C41H72N4O15. The number of carboxylic acids is 3. The molecule has 0 aromatic carbocycles. The molecule has 0 saturated heterocycles. The standard InChI is InChI=1S/C41H72N4O15/c1-32(46)18-19-33(40(53)54)45-38(50)31-60-29-27-58-25-23-43-37(49)30-59-28-26-57-24-22-42-35(47)21-20-34(41(55)56)44-36(48)16-14-12-10-8-6-4-2-3-5-7-9-11-13-15-17-39(51)52/h33-34H,2-31H2,1H3,(H,42,47)(H,43,49)(H,44,48)(H,45,50)(H,51,52)(H,53,54)(H,55,56)/t33?,34-/m0/s1. The first-order valence-electron chi connectivity index (χ1n) is 21.4. The number of hydrogen-bond acceptors (Lipinski definition) is 12. The molecule has 0 aliphatic carbocycles. The number of ether oxygens (including phenoxy) is 4. The summed E-state index contributed by atoms with van der Waals surface area (Å²) < 4.78 is 21.1. The molecule has 0 aromatic heterocycles. The maximum Gasteiger partial charge on any atom is 0.326 e. The van der Waals surface area contributed by atoms with Crippen molar-refractivity contribution >= 4 is 47.3 Å². The molecule has 0 spiro atoms. The Morgan fingerprint density at radius 3 is 1.25 bits per heavy atom. The Morgan fingerprint density at radius 1 is 0.417 bits per heavy atom. The van der Waals surface area contributed by atoms with Gasteiger partial charge in [-0.3, -0.25) is 24.0 Å². The molecule has 0 heterocycles. The van der Waals surface area contributed by atoms with Crippen molar-refractivity contribution in [2.75, 3.05) is 65.9 Å². The van der Waals surface area contributed by atoms with Crippen LogP contribution in [0.5, 0.6) is 0 Å². The van der Waals surface area contributed by atoms with E-state index in [0.717, 1.165) is 44.9 Å². The lowest BCUT2D eigenvalue weighted by atomic mass is 10.0. The van der Waals surface area contributed by atoms with E-state index in [-0.39, 0.29) is 128 Å². The van der Waals surface area contributed by atoms with Crippen LogP contribution >= 0.6 is 0 Å². The lowest BCUT2D eigenvalue weighted by Gasteiger charge is -2.14. The number of unbranched alkanes of at least 4 members (excludes halogenated alkanes) is 13. The number of carboxylic acid groups (broad SMARTS) is 3.